The fourth-order valence-corrected chi connectivity index (χ4v) is 10.3. The van der Waals surface area contributed by atoms with Crippen LogP contribution in [0.1, 0.15) is 142 Å². The van der Waals surface area contributed by atoms with E-state index in [0.29, 0.717) is 0 Å². The molecule has 8 nitrogen and oxygen atoms in total. The molecule has 2 aromatic heterocycles. The summed E-state index contributed by atoms with van der Waals surface area (Å²) in [6.07, 6.45) is -36.5. The number of alkyl halides is 24. The normalized spacial score (nSPS) is 12.1. The van der Waals surface area contributed by atoms with Crippen LogP contribution in [0.5, 0.6) is 0 Å². The Hall–Kier alpha value is -6.24. The summed E-state index contributed by atoms with van der Waals surface area (Å²) in [5.41, 5.74) is -28.4. The number of nitrogens with zero attached hydrogens (tertiary/aromatic N) is 2. The Morgan fingerprint density at radius 3 is 0.663 bits per heavy atom. The minimum atomic E-state index is -6.13. The van der Waals surface area contributed by atoms with Crippen molar-refractivity contribution >= 4 is 36.6 Å². The molecule has 35 heteroatoms. The summed E-state index contributed by atoms with van der Waals surface area (Å²) >= 11 is 0. The number of hydrogen-bond acceptors (Lipinski definition) is 5. The zero-order valence-corrected chi connectivity index (χ0v) is 55.1. The summed E-state index contributed by atoms with van der Waals surface area (Å²) in [5, 5.41) is 0. The number of unbranched alkanes of at least 4 members (excludes halogenated alkanes) is 9. The van der Waals surface area contributed by atoms with E-state index in [1.54, 1.807) is 12.4 Å². The second kappa shape index (κ2) is 41.5. The quantitative estimate of drug-likeness (QED) is 0.0158. The van der Waals surface area contributed by atoms with Crippen LogP contribution in [-0.2, 0) is 97.4 Å². The van der Waals surface area contributed by atoms with Gasteiger partial charge in [0.05, 0.1) is 75.7 Å². The molecule has 0 amide bonds. The van der Waals surface area contributed by atoms with Crippen molar-refractivity contribution in [3.8, 4) is 11.4 Å². The number of aromatic nitrogens is 2. The topological polar surface area (TPSA) is 113 Å². The number of pyridine rings is 2. The molecular formula is C63H59BF24N2O6PRe-. The minimum absolute atomic E-state index is 0. The molecule has 0 aliphatic carbocycles. The van der Waals surface area contributed by atoms with Crippen molar-refractivity contribution in [1.29, 1.82) is 0 Å². The third kappa shape index (κ3) is 29.5. The first-order valence-corrected chi connectivity index (χ1v) is 29.7. The van der Waals surface area contributed by atoms with Crippen molar-refractivity contribution in [3.05, 3.63) is 186 Å². The molecule has 0 atom stereocenters. The van der Waals surface area contributed by atoms with E-state index < -0.39 is 203 Å². The minimum Gasteiger partial charge on any atom is -0.255 e. The van der Waals surface area contributed by atoms with E-state index in [4.69, 9.17) is 27.5 Å². The number of benzene rings is 4. The average Bonchev–Trinajstić information content (AvgIpc) is 0.708. The Balaban J connectivity index is 0.00000186. The third-order valence-electron chi connectivity index (χ3n) is 13.6. The Morgan fingerprint density at radius 2 is 0.510 bits per heavy atom. The summed E-state index contributed by atoms with van der Waals surface area (Å²) in [6.45, 7) is 22.5. The molecule has 0 saturated heterocycles. The number of hydrogen-bond donors (Lipinski definition) is 0. The van der Waals surface area contributed by atoms with Crippen molar-refractivity contribution in [2.75, 3.05) is 19.8 Å². The van der Waals surface area contributed by atoms with Gasteiger partial charge in [-0.05, 0) is 67.8 Å². The Labute approximate surface area is 562 Å². The molecule has 0 aliphatic rings. The maximum atomic E-state index is 14.2. The van der Waals surface area contributed by atoms with E-state index in [-0.39, 0.29) is 20.4 Å². The second-order valence-electron chi connectivity index (χ2n) is 20.6. The first kappa shape index (κ1) is 91.8. The summed E-state index contributed by atoms with van der Waals surface area (Å²) in [5.74, 6) is 0. The van der Waals surface area contributed by atoms with Crippen molar-refractivity contribution < 1.29 is 153 Å². The van der Waals surface area contributed by atoms with Gasteiger partial charge in [0, 0.05) is 32.8 Å². The van der Waals surface area contributed by atoms with Crippen LogP contribution in [-0.4, -0.2) is 35.9 Å². The molecule has 1 radical (unpaired) electrons. The van der Waals surface area contributed by atoms with E-state index in [1.165, 1.54) is 57.8 Å². The Bertz CT molecular complexity index is 2830. The zero-order chi connectivity index (χ0) is 74.4. The molecule has 0 saturated carbocycles. The van der Waals surface area contributed by atoms with Gasteiger partial charge >= 0.3 is 91.9 Å². The van der Waals surface area contributed by atoms with Gasteiger partial charge in [0.15, 0.2) is 0 Å². The molecule has 0 unspecified atom stereocenters. The smallest absolute Gasteiger partial charge is 0.0886 e. The van der Waals surface area contributed by atoms with Gasteiger partial charge in [-0.25, -0.2) is 0 Å². The Kier molecular flexibility index (Phi) is 38.8. The van der Waals surface area contributed by atoms with Crippen molar-refractivity contribution in [2.45, 2.75) is 147 Å². The van der Waals surface area contributed by atoms with Gasteiger partial charge in [0.1, 0.15) is 6.15 Å². The molecule has 0 bridgehead atoms. The fourth-order valence-electron chi connectivity index (χ4n) is 9.21. The van der Waals surface area contributed by atoms with Crippen LogP contribution in [0.4, 0.5) is 105 Å². The predicted molar refractivity (Wildman–Crippen MR) is 307 cm³/mol. The maximum absolute atomic E-state index is 14.2. The van der Waals surface area contributed by atoms with Gasteiger partial charge in [-0.15, -0.1) is 0 Å². The fraction of sp³-hybridized carbons (Fsp3) is 0.413. The summed E-state index contributed by atoms with van der Waals surface area (Å²) < 4.78 is 381. The van der Waals surface area contributed by atoms with Crippen molar-refractivity contribution in [3.63, 3.8) is 0 Å². The number of halogens is 24. The van der Waals surface area contributed by atoms with Crippen LogP contribution in [0.15, 0.2) is 122 Å². The van der Waals surface area contributed by atoms with Crippen molar-refractivity contribution in [2.24, 2.45) is 0 Å². The first-order chi connectivity index (χ1) is 45.1. The van der Waals surface area contributed by atoms with Gasteiger partial charge in [-0.2, -0.15) is 127 Å². The van der Waals surface area contributed by atoms with Crippen LogP contribution < -0.4 is 21.9 Å². The summed E-state index contributed by atoms with van der Waals surface area (Å²) in [4.78, 5) is 8.37. The van der Waals surface area contributed by atoms with E-state index >= 15 is 0 Å². The predicted octanol–water partition coefficient (Wildman–Crippen LogP) is 20.2. The van der Waals surface area contributed by atoms with Gasteiger partial charge in [0.25, 0.3) is 0 Å². The molecule has 0 fully saturated rings. The van der Waals surface area contributed by atoms with Crippen LogP contribution in [0.25, 0.3) is 11.4 Å². The van der Waals surface area contributed by atoms with E-state index in [9.17, 15) is 105 Å². The van der Waals surface area contributed by atoms with Gasteiger partial charge in [-0.3, -0.25) is 9.97 Å². The largest absolute Gasteiger partial charge is 0.255 e. The second-order valence-corrected chi connectivity index (χ2v) is 21.8. The van der Waals surface area contributed by atoms with Crippen LogP contribution in [0.3, 0.4) is 0 Å². The van der Waals surface area contributed by atoms with Crippen LogP contribution in [0, 0.1) is 20.0 Å². The Morgan fingerprint density at radius 1 is 0.316 bits per heavy atom. The molecular weight excluding hydrogens is 1560 g/mol. The standard InChI is InChI=1S/C32H12BF24.C18H39O3P.C10H8N2.3CO.Re/c34-25(35,36)13-1-14(26(37,38)39)6-21(5-13)33(22-7-15(27(40,41)42)2-16(8-22)28(43,44)45,23-9-17(29(46,47)48)3-18(10-23)30(49,50)51)24-11-19(31(52,53)54)4-20(12-24)32(55,56)57;1-4-7-10-13-16-19-22(20-17-14-11-8-5-2)21-18-15-12-9-6-3;1-3-7-11-9(5-1)10-6-2-4-8-12-10;3*1-2;/h1-12H;4-18H2,1-3H3;1-8H;;;;/q-1;;;;;;. The van der Waals surface area contributed by atoms with Crippen LogP contribution >= 0.6 is 8.60 Å². The summed E-state index contributed by atoms with van der Waals surface area (Å²) in [6, 6.07) is 2.78. The molecule has 0 N–H and O–H groups in total. The molecule has 98 heavy (non-hydrogen) atoms. The molecule has 6 aromatic rings. The molecule has 2 heterocycles. The SMILES string of the molecule is CCCCCCOP(OCCCCCC)OCCCCCC.FC(F)(F)c1cc([B-](c2cc(C(F)(F)F)cc(C(F)(F)F)c2)(c2cc(C(F)(F)F)cc(C(F)(F)F)c2)c2cc(C(F)(F)F)cc(C(F)(F)F)c2)cc(C(F)(F)F)c1.[C-]#[O+].[C-]#[O+].[C-]#[O+].[Re].c1ccc(-c2ccccn2)nc1. The zero-order valence-electron chi connectivity index (χ0n) is 51.5. The molecule has 541 valence electrons. The molecule has 0 spiro atoms. The molecule has 4 aromatic carbocycles. The first-order valence-electron chi connectivity index (χ1n) is 28.6. The van der Waals surface area contributed by atoms with Crippen LogP contribution in [0.2, 0.25) is 0 Å². The third-order valence-corrected chi connectivity index (χ3v) is 14.8. The van der Waals surface area contributed by atoms with E-state index in [0.717, 1.165) is 50.5 Å². The van der Waals surface area contributed by atoms with E-state index in [2.05, 4.69) is 50.7 Å². The van der Waals surface area contributed by atoms with Gasteiger partial charge in [-0.1, -0.05) is 139 Å². The maximum Gasteiger partial charge on any atom is 0.0886 e. The van der Waals surface area contributed by atoms with Gasteiger partial charge in [0.2, 0.25) is 0 Å². The molecule has 6 rings (SSSR count). The summed E-state index contributed by atoms with van der Waals surface area (Å²) in [7, 11) is -1.12. The van der Waals surface area contributed by atoms with Gasteiger partial charge < -0.3 is 13.6 Å². The van der Waals surface area contributed by atoms with Crippen molar-refractivity contribution in [1.82, 2.24) is 9.97 Å². The van der Waals surface area contributed by atoms with E-state index in [1.807, 2.05) is 36.4 Å². The average molecular weight is 1620 g/mol. The molecule has 0 aliphatic heterocycles. The monoisotopic (exact) mass is 1620 g/mol. The number of rotatable bonds is 23.